The second-order valence-corrected chi connectivity index (χ2v) is 7.08. The van der Waals surface area contributed by atoms with E-state index >= 15 is 0 Å². The first-order valence-electron chi connectivity index (χ1n) is 9.43. The van der Waals surface area contributed by atoms with Crippen LogP contribution in [0.5, 0.6) is 0 Å². The average molecular weight is 378 g/mol. The quantitative estimate of drug-likeness (QED) is 0.406. The number of amides is 1. The first-order valence-corrected chi connectivity index (χ1v) is 9.43. The molecule has 0 unspecified atom stereocenters. The SMILES string of the molecule is Cc1ccc(-c2nc3cc(NC(=O)c4ccc5ccccc5c4)ccc3o2)cc1. The van der Waals surface area contributed by atoms with Crippen molar-refractivity contribution < 1.29 is 9.21 Å². The van der Waals surface area contributed by atoms with Crippen LogP contribution in [0.4, 0.5) is 5.69 Å². The number of hydrogen-bond acceptors (Lipinski definition) is 3. The molecule has 0 radical (unpaired) electrons. The zero-order chi connectivity index (χ0) is 19.8. The van der Waals surface area contributed by atoms with Crippen LogP contribution in [0.3, 0.4) is 0 Å². The van der Waals surface area contributed by atoms with Crippen molar-refractivity contribution in [3.63, 3.8) is 0 Å². The van der Waals surface area contributed by atoms with Crippen LogP contribution in [0.25, 0.3) is 33.3 Å². The number of fused-ring (bicyclic) bond motifs is 2. The summed E-state index contributed by atoms with van der Waals surface area (Å²) in [6.45, 7) is 2.04. The lowest BCUT2D eigenvalue weighted by atomic mass is 10.1. The summed E-state index contributed by atoms with van der Waals surface area (Å²) in [7, 11) is 0. The maximum Gasteiger partial charge on any atom is 0.255 e. The van der Waals surface area contributed by atoms with Gasteiger partial charge in [-0.25, -0.2) is 4.98 Å². The molecule has 0 aliphatic carbocycles. The van der Waals surface area contributed by atoms with Gasteiger partial charge in [-0.3, -0.25) is 4.79 Å². The maximum atomic E-state index is 12.7. The van der Waals surface area contributed by atoms with Gasteiger partial charge in [-0.15, -0.1) is 0 Å². The van der Waals surface area contributed by atoms with E-state index < -0.39 is 0 Å². The second kappa shape index (κ2) is 6.91. The molecule has 4 nitrogen and oxygen atoms in total. The third-order valence-electron chi connectivity index (χ3n) is 4.96. The van der Waals surface area contributed by atoms with Crippen LogP contribution < -0.4 is 5.32 Å². The van der Waals surface area contributed by atoms with Gasteiger partial charge in [-0.1, -0.05) is 48.0 Å². The van der Waals surface area contributed by atoms with E-state index in [-0.39, 0.29) is 5.91 Å². The fourth-order valence-corrected chi connectivity index (χ4v) is 3.36. The highest BCUT2D eigenvalue weighted by atomic mass is 16.3. The van der Waals surface area contributed by atoms with Crippen LogP contribution >= 0.6 is 0 Å². The number of aryl methyl sites for hydroxylation is 1. The van der Waals surface area contributed by atoms with E-state index in [1.807, 2.05) is 91.9 Å². The van der Waals surface area contributed by atoms with E-state index in [0.29, 0.717) is 28.2 Å². The van der Waals surface area contributed by atoms with Crippen molar-refractivity contribution in [3.8, 4) is 11.5 Å². The molecule has 1 amide bonds. The highest BCUT2D eigenvalue weighted by Crippen LogP contribution is 2.27. The fraction of sp³-hybridized carbons (Fsp3) is 0.0400. The first-order chi connectivity index (χ1) is 14.2. The number of nitrogens with zero attached hydrogens (tertiary/aromatic N) is 1. The van der Waals surface area contributed by atoms with Crippen LogP contribution in [-0.4, -0.2) is 10.9 Å². The minimum absolute atomic E-state index is 0.155. The van der Waals surface area contributed by atoms with E-state index in [4.69, 9.17) is 4.42 Å². The molecule has 140 valence electrons. The predicted octanol–water partition coefficient (Wildman–Crippen LogP) is 6.21. The topological polar surface area (TPSA) is 55.1 Å². The van der Waals surface area contributed by atoms with Crippen molar-refractivity contribution >= 4 is 33.5 Å². The number of aromatic nitrogens is 1. The van der Waals surface area contributed by atoms with Crippen LogP contribution in [0, 0.1) is 6.92 Å². The standard InChI is InChI=1S/C25H18N2O2/c1-16-6-8-18(9-7-16)25-27-22-15-21(12-13-23(22)29-25)26-24(28)20-11-10-17-4-2-3-5-19(17)14-20/h2-15H,1H3,(H,26,28). The van der Waals surface area contributed by atoms with Crippen LogP contribution in [0.15, 0.2) is 89.3 Å². The second-order valence-electron chi connectivity index (χ2n) is 7.08. The Morgan fingerprint density at radius 1 is 0.862 bits per heavy atom. The fourth-order valence-electron chi connectivity index (χ4n) is 3.36. The Bertz CT molecular complexity index is 1350. The number of carbonyl (C=O) groups excluding carboxylic acids is 1. The van der Waals surface area contributed by atoms with Gasteiger partial charge in [0.15, 0.2) is 5.58 Å². The third kappa shape index (κ3) is 3.36. The molecule has 4 heteroatoms. The molecule has 5 aromatic rings. The molecule has 0 saturated heterocycles. The predicted molar refractivity (Wildman–Crippen MR) is 116 cm³/mol. The summed E-state index contributed by atoms with van der Waals surface area (Å²) in [5.41, 5.74) is 4.79. The molecule has 4 aromatic carbocycles. The van der Waals surface area contributed by atoms with E-state index in [1.165, 1.54) is 5.56 Å². The van der Waals surface area contributed by atoms with Crippen molar-refractivity contribution in [1.82, 2.24) is 4.98 Å². The summed E-state index contributed by atoms with van der Waals surface area (Å²) < 4.78 is 5.86. The zero-order valence-corrected chi connectivity index (χ0v) is 15.8. The lowest BCUT2D eigenvalue weighted by Gasteiger charge is -2.06. The number of anilines is 1. The van der Waals surface area contributed by atoms with Crippen LogP contribution in [-0.2, 0) is 0 Å². The third-order valence-corrected chi connectivity index (χ3v) is 4.96. The Hall–Kier alpha value is -3.92. The highest BCUT2D eigenvalue weighted by molar-refractivity contribution is 6.07. The van der Waals surface area contributed by atoms with Gasteiger partial charge in [0.1, 0.15) is 5.52 Å². The van der Waals surface area contributed by atoms with Crippen LogP contribution in [0.1, 0.15) is 15.9 Å². The van der Waals surface area contributed by atoms with Gasteiger partial charge in [0.25, 0.3) is 5.91 Å². The maximum absolute atomic E-state index is 12.7. The summed E-state index contributed by atoms with van der Waals surface area (Å²) in [6, 6.07) is 27.2. The lowest BCUT2D eigenvalue weighted by Crippen LogP contribution is -2.11. The number of carbonyl (C=O) groups is 1. The Labute approximate surface area is 167 Å². The van der Waals surface area contributed by atoms with Gasteiger partial charge in [0.05, 0.1) is 0 Å². The molecule has 1 aromatic heterocycles. The largest absolute Gasteiger partial charge is 0.436 e. The number of hydrogen-bond donors (Lipinski definition) is 1. The van der Waals surface area contributed by atoms with E-state index in [1.54, 1.807) is 0 Å². The molecule has 5 rings (SSSR count). The summed E-state index contributed by atoms with van der Waals surface area (Å²) in [4.78, 5) is 17.3. The molecule has 1 N–H and O–H groups in total. The van der Waals surface area contributed by atoms with Gasteiger partial charge in [-0.05, 0) is 60.2 Å². The normalized spacial score (nSPS) is 11.1. The Kier molecular flexibility index (Phi) is 4.10. The van der Waals surface area contributed by atoms with Crippen LogP contribution in [0.2, 0.25) is 0 Å². The van der Waals surface area contributed by atoms with Gasteiger partial charge < -0.3 is 9.73 Å². The van der Waals surface area contributed by atoms with E-state index in [9.17, 15) is 4.79 Å². The van der Waals surface area contributed by atoms with Crippen molar-refractivity contribution in [3.05, 3.63) is 96.1 Å². The molecule has 0 aliphatic heterocycles. The summed E-state index contributed by atoms with van der Waals surface area (Å²) in [6.07, 6.45) is 0. The lowest BCUT2D eigenvalue weighted by molar-refractivity contribution is 0.102. The van der Waals surface area contributed by atoms with Crippen molar-refractivity contribution in [2.75, 3.05) is 5.32 Å². The van der Waals surface area contributed by atoms with Gasteiger partial charge >= 0.3 is 0 Å². The number of benzene rings is 4. The van der Waals surface area contributed by atoms with E-state index in [2.05, 4.69) is 10.3 Å². The number of rotatable bonds is 3. The molecule has 1 heterocycles. The molecule has 0 saturated carbocycles. The summed E-state index contributed by atoms with van der Waals surface area (Å²) in [5, 5.41) is 5.10. The van der Waals surface area contributed by atoms with Gasteiger partial charge in [-0.2, -0.15) is 0 Å². The summed E-state index contributed by atoms with van der Waals surface area (Å²) >= 11 is 0. The minimum atomic E-state index is -0.155. The molecule has 0 atom stereocenters. The molecule has 0 spiro atoms. The Morgan fingerprint density at radius 2 is 1.66 bits per heavy atom. The molecule has 0 bridgehead atoms. The van der Waals surface area contributed by atoms with Gasteiger partial charge in [0.2, 0.25) is 5.89 Å². The number of nitrogens with one attached hydrogen (secondary N) is 1. The molecular formula is C25H18N2O2. The van der Waals surface area contributed by atoms with Crippen molar-refractivity contribution in [2.24, 2.45) is 0 Å². The number of oxazole rings is 1. The zero-order valence-electron chi connectivity index (χ0n) is 15.8. The van der Waals surface area contributed by atoms with Gasteiger partial charge in [0, 0.05) is 16.8 Å². The Morgan fingerprint density at radius 3 is 2.48 bits per heavy atom. The molecule has 0 fully saturated rings. The molecule has 29 heavy (non-hydrogen) atoms. The molecular weight excluding hydrogens is 360 g/mol. The van der Waals surface area contributed by atoms with Crippen molar-refractivity contribution in [1.29, 1.82) is 0 Å². The summed E-state index contributed by atoms with van der Waals surface area (Å²) in [5.74, 6) is 0.412. The average Bonchev–Trinajstić information content (AvgIpc) is 3.17. The Balaban J connectivity index is 1.42. The van der Waals surface area contributed by atoms with Crippen molar-refractivity contribution in [2.45, 2.75) is 6.92 Å². The minimum Gasteiger partial charge on any atom is -0.436 e. The monoisotopic (exact) mass is 378 g/mol. The van der Waals surface area contributed by atoms with E-state index in [0.717, 1.165) is 16.3 Å². The first kappa shape index (κ1) is 17.2. The smallest absolute Gasteiger partial charge is 0.255 e. The highest BCUT2D eigenvalue weighted by Gasteiger charge is 2.11. The molecule has 0 aliphatic rings.